The second-order valence-electron chi connectivity index (χ2n) is 5.06. The van der Waals surface area contributed by atoms with Gasteiger partial charge in [0, 0.05) is 19.7 Å². The van der Waals surface area contributed by atoms with E-state index in [4.69, 9.17) is 0 Å². The highest BCUT2D eigenvalue weighted by Crippen LogP contribution is 2.22. The zero-order chi connectivity index (χ0) is 11.5. The minimum absolute atomic E-state index is 0.354. The molecule has 0 atom stereocenters. The Morgan fingerprint density at radius 1 is 1.47 bits per heavy atom. The van der Waals surface area contributed by atoms with Gasteiger partial charge in [0.1, 0.15) is 5.82 Å². The molecule has 1 N–H and O–H groups in total. The Hall–Kier alpha value is -0.990. The third-order valence-corrected chi connectivity index (χ3v) is 2.68. The predicted octanol–water partition coefficient (Wildman–Crippen LogP) is 2.97. The molecule has 1 aromatic heterocycles. The highest BCUT2D eigenvalue weighted by molar-refractivity contribution is 5.36. The number of hydrogen-bond donors (Lipinski definition) is 1. The van der Waals surface area contributed by atoms with Crippen molar-refractivity contribution >= 4 is 5.82 Å². The van der Waals surface area contributed by atoms with E-state index >= 15 is 0 Å². The van der Waals surface area contributed by atoms with E-state index < -0.39 is 0 Å². The molecule has 0 aliphatic heterocycles. The van der Waals surface area contributed by atoms with Crippen LogP contribution in [0.15, 0.2) is 6.07 Å². The van der Waals surface area contributed by atoms with Gasteiger partial charge in [0.15, 0.2) is 0 Å². The lowest BCUT2D eigenvalue weighted by Gasteiger charge is -2.24. The summed E-state index contributed by atoms with van der Waals surface area (Å²) in [5, 5.41) is 7.77. The first kappa shape index (κ1) is 12.1. The Morgan fingerprint density at radius 3 is 2.60 bits per heavy atom. The lowest BCUT2D eigenvalue weighted by molar-refractivity contribution is 0.354. The van der Waals surface area contributed by atoms with Crippen molar-refractivity contribution in [3.05, 3.63) is 11.8 Å². The van der Waals surface area contributed by atoms with Gasteiger partial charge in [-0.05, 0) is 18.8 Å². The summed E-state index contributed by atoms with van der Waals surface area (Å²) in [7, 11) is 1.97. The number of hydrogen-bond acceptors (Lipinski definition) is 2. The summed E-state index contributed by atoms with van der Waals surface area (Å²) >= 11 is 0. The Bertz CT molecular complexity index is 313. The number of aryl methyl sites for hydroxylation is 2. The fourth-order valence-corrected chi connectivity index (χ4v) is 1.87. The summed E-state index contributed by atoms with van der Waals surface area (Å²) in [4.78, 5) is 0. The zero-order valence-electron chi connectivity index (χ0n) is 10.6. The van der Waals surface area contributed by atoms with Gasteiger partial charge in [-0.15, -0.1) is 0 Å². The molecule has 0 aliphatic rings. The van der Waals surface area contributed by atoms with Crippen LogP contribution in [-0.2, 0) is 7.05 Å². The fourth-order valence-electron chi connectivity index (χ4n) is 1.87. The molecule has 0 aliphatic carbocycles. The monoisotopic (exact) mass is 209 g/mol. The van der Waals surface area contributed by atoms with Gasteiger partial charge in [-0.2, -0.15) is 5.10 Å². The van der Waals surface area contributed by atoms with Crippen molar-refractivity contribution in [1.29, 1.82) is 0 Å². The van der Waals surface area contributed by atoms with Crippen LogP contribution in [0.2, 0.25) is 0 Å². The first-order valence-corrected chi connectivity index (χ1v) is 5.69. The van der Waals surface area contributed by atoms with Crippen LogP contribution in [0.1, 0.15) is 39.3 Å². The molecular formula is C12H23N3. The highest BCUT2D eigenvalue weighted by Gasteiger charge is 2.16. The molecule has 3 nitrogen and oxygen atoms in total. The second-order valence-corrected chi connectivity index (χ2v) is 5.06. The molecule has 0 fully saturated rings. The molecule has 0 aromatic carbocycles. The van der Waals surface area contributed by atoms with Gasteiger partial charge in [-0.1, -0.05) is 27.2 Å². The standard InChI is InChI=1S/C12H23N3/c1-6-7-12(3,4)9-13-11-8-10(2)14-15(11)5/h8,13H,6-7,9H2,1-5H3. The molecule has 0 unspecified atom stereocenters. The van der Waals surface area contributed by atoms with Gasteiger partial charge in [0.2, 0.25) is 0 Å². The molecule has 86 valence electrons. The number of aromatic nitrogens is 2. The Kier molecular flexibility index (Phi) is 3.77. The summed E-state index contributed by atoms with van der Waals surface area (Å²) in [5.74, 6) is 1.11. The maximum atomic E-state index is 4.31. The molecule has 1 heterocycles. The number of rotatable bonds is 5. The van der Waals surface area contributed by atoms with Gasteiger partial charge >= 0.3 is 0 Å². The zero-order valence-corrected chi connectivity index (χ0v) is 10.6. The molecule has 15 heavy (non-hydrogen) atoms. The van der Waals surface area contributed by atoms with Crippen LogP contribution < -0.4 is 5.32 Å². The van der Waals surface area contributed by atoms with E-state index in [1.54, 1.807) is 0 Å². The Balaban J connectivity index is 2.53. The minimum atomic E-state index is 0.354. The lowest BCUT2D eigenvalue weighted by atomic mass is 9.88. The third kappa shape index (κ3) is 3.57. The maximum Gasteiger partial charge on any atom is 0.124 e. The van der Waals surface area contributed by atoms with E-state index in [9.17, 15) is 0 Å². The summed E-state index contributed by atoms with van der Waals surface area (Å²) < 4.78 is 1.90. The molecular weight excluding hydrogens is 186 g/mol. The molecule has 1 aromatic rings. The number of anilines is 1. The third-order valence-electron chi connectivity index (χ3n) is 2.68. The largest absolute Gasteiger partial charge is 0.370 e. The van der Waals surface area contributed by atoms with Crippen molar-refractivity contribution in [2.24, 2.45) is 12.5 Å². The molecule has 0 radical (unpaired) electrons. The van der Waals surface area contributed by atoms with Crippen LogP contribution in [0, 0.1) is 12.3 Å². The van der Waals surface area contributed by atoms with E-state index in [1.165, 1.54) is 12.8 Å². The average Bonchev–Trinajstić information content (AvgIpc) is 2.42. The van der Waals surface area contributed by atoms with E-state index in [1.807, 2.05) is 18.7 Å². The normalized spacial score (nSPS) is 11.8. The van der Waals surface area contributed by atoms with Gasteiger partial charge in [-0.3, -0.25) is 4.68 Å². The maximum absolute atomic E-state index is 4.31. The predicted molar refractivity (Wildman–Crippen MR) is 65.1 cm³/mol. The van der Waals surface area contributed by atoms with Crippen molar-refractivity contribution < 1.29 is 0 Å². The molecule has 0 bridgehead atoms. The SMILES string of the molecule is CCCC(C)(C)CNc1cc(C)nn1C. The van der Waals surface area contributed by atoms with Crippen molar-refractivity contribution in [3.8, 4) is 0 Å². The van der Waals surface area contributed by atoms with Crippen molar-refractivity contribution in [3.63, 3.8) is 0 Å². The quantitative estimate of drug-likeness (QED) is 0.808. The van der Waals surface area contributed by atoms with E-state index in [0.29, 0.717) is 5.41 Å². The van der Waals surface area contributed by atoms with Crippen LogP contribution in [0.25, 0.3) is 0 Å². The fraction of sp³-hybridized carbons (Fsp3) is 0.750. The molecule has 0 amide bonds. The lowest BCUT2D eigenvalue weighted by Crippen LogP contribution is -2.23. The van der Waals surface area contributed by atoms with Gasteiger partial charge < -0.3 is 5.32 Å². The summed E-state index contributed by atoms with van der Waals surface area (Å²) in [5.41, 5.74) is 1.42. The van der Waals surface area contributed by atoms with Gasteiger partial charge in [-0.25, -0.2) is 0 Å². The van der Waals surface area contributed by atoms with E-state index in [2.05, 4.69) is 37.3 Å². The van der Waals surface area contributed by atoms with Crippen molar-refractivity contribution in [2.75, 3.05) is 11.9 Å². The van der Waals surface area contributed by atoms with Crippen molar-refractivity contribution in [1.82, 2.24) is 9.78 Å². The van der Waals surface area contributed by atoms with Crippen molar-refractivity contribution in [2.45, 2.75) is 40.5 Å². The molecule has 1 rings (SSSR count). The van der Waals surface area contributed by atoms with Crippen LogP contribution in [0.5, 0.6) is 0 Å². The van der Waals surface area contributed by atoms with Gasteiger partial charge in [0.05, 0.1) is 5.69 Å². The number of nitrogens with one attached hydrogen (secondary N) is 1. The average molecular weight is 209 g/mol. The summed E-state index contributed by atoms with van der Waals surface area (Å²) in [6.45, 7) is 9.84. The molecule has 0 saturated carbocycles. The van der Waals surface area contributed by atoms with Crippen LogP contribution in [-0.4, -0.2) is 16.3 Å². The smallest absolute Gasteiger partial charge is 0.124 e. The first-order chi connectivity index (χ1) is 6.94. The topological polar surface area (TPSA) is 29.9 Å². The highest BCUT2D eigenvalue weighted by atomic mass is 15.3. The first-order valence-electron chi connectivity index (χ1n) is 5.69. The second kappa shape index (κ2) is 4.69. The van der Waals surface area contributed by atoms with Crippen LogP contribution in [0.4, 0.5) is 5.82 Å². The van der Waals surface area contributed by atoms with E-state index in [0.717, 1.165) is 18.1 Å². The molecule has 0 spiro atoms. The molecule has 3 heteroatoms. The number of nitrogens with zero attached hydrogens (tertiary/aromatic N) is 2. The van der Waals surface area contributed by atoms with Gasteiger partial charge in [0.25, 0.3) is 0 Å². The van der Waals surface area contributed by atoms with E-state index in [-0.39, 0.29) is 0 Å². The molecule has 0 saturated heterocycles. The summed E-state index contributed by atoms with van der Waals surface area (Å²) in [6.07, 6.45) is 2.48. The Labute approximate surface area is 92.9 Å². The Morgan fingerprint density at radius 2 is 2.13 bits per heavy atom. The van der Waals surface area contributed by atoms with Crippen LogP contribution >= 0.6 is 0 Å². The van der Waals surface area contributed by atoms with Crippen LogP contribution in [0.3, 0.4) is 0 Å². The minimum Gasteiger partial charge on any atom is -0.370 e. The summed E-state index contributed by atoms with van der Waals surface area (Å²) in [6, 6.07) is 2.09.